The lowest BCUT2D eigenvalue weighted by molar-refractivity contribution is 1.02. The summed E-state index contributed by atoms with van der Waals surface area (Å²) in [5, 5.41) is 2.94. The van der Waals surface area contributed by atoms with Crippen LogP contribution in [0.4, 0.5) is 0 Å². The summed E-state index contributed by atoms with van der Waals surface area (Å²) in [4.78, 5) is 0. The SMILES string of the molecule is CC1=Cc2c(cccc2-c2ccc3c4c(cccc24)CC3)C1. The molecule has 0 unspecified atom stereocenters. The Labute approximate surface area is 131 Å². The van der Waals surface area contributed by atoms with E-state index in [-0.39, 0.29) is 0 Å². The van der Waals surface area contributed by atoms with Crippen LogP contribution in [0.2, 0.25) is 0 Å². The predicted molar refractivity (Wildman–Crippen MR) is 94.1 cm³/mol. The van der Waals surface area contributed by atoms with Gasteiger partial charge in [-0.3, -0.25) is 0 Å². The fourth-order valence-electron chi connectivity index (χ4n) is 4.25. The average molecular weight is 282 g/mol. The third kappa shape index (κ3) is 1.58. The maximum absolute atomic E-state index is 2.37. The normalized spacial score (nSPS) is 15.2. The van der Waals surface area contributed by atoms with E-state index in [0.717, 1.165) is 6.42 Å². The number of rotatable bonds is 1. The van der Waals surface area contributed by atoms with Crippen molar-refractivity contribution in [2.75, 3.05) is 0 Å². The van der Waals surface area contributed by atoms with Gasteiger partial charge in [0.2, 0.25) is 0 Å². The Hall–Kier alpha value is -2.34. The lowest BCUT2D eigenvalue weighted by atomic mass is 9.91. The monoisotopic (exact) mass is 282 g/mol. The first-order valence-electron chi connectivity index (χ1n) is 8.14. The first-order valence-corrected chi connectivity index (χ1v) is 8.14. The number of aryl methyl sites for hydroxylation is 2. The summed E-state index contributed by atoms with van der Waals surface area (Å²) in [6.45, 7) is 2.23. The van der Waals surface area contributed by atoms with Crippen molar-refractivity contribution in [3.63, 3.8) is 0 Å². The second kappa shape index (κ2) is 4.33. The third-order valence-corrected chi connectivity index (χ3v) is 5.22. The molecule has 0 heteroatoms. The number of fused-ring (bicyclic) bond motifs is 1. The Kier molecular flexibility index (Phi) is 2.41. The zero-order valence-electron chi connectivity index (χ0n) is 12.8. The minimum absolute atomic E-state index is 1.10. The molecule has 106 valence electrons. The Morgan fingerprint density at radius 3 is 2.41 bits per heavy atom. The van der Waals surface area contributed by atoms with Gasteiger partial charge < -0.3 is 0 Å². The van der Waals surface area contributed by atoms with Crippen molar-refractivity contribution in [2.24, 2.45) is 0 Å². The fraction of sp³-hybridized carbons (Fsp3) is 0.182. The van der Waals surface area contributed by atoms with Gasteiger partial charge in [0.1, 0.15) is 0 Å². The Morgan fingerprint density at radius 2 is 1.50 bits per heavy atom. The molecular formula is C22H18. The largest absolute Gasteiger partial charge is 0.0683 e. The van der Waals surface area contributed by atoms with Crippen molar-refractivity contribution in [3.05, 3.63) is 76.4 Å². The van der Waals surface area contributed by atoms with Gasteiger partial charge >= 0.3 is 0 Å². The molecule has 3 aromatic carbocycles. The van der Waals surface area contributed by atoms with Crippen LogP contribution in [0.1, 0.15) is 29.2 Å². The molecule has 0 nitrogen and oxygen atoms in total. The second-order valence-corrected chi connectivity index (χ2v) is 6.66. The van der Waals surface area contributed by atoms with E-state index in [9.17, 15) is 0 Å². The minimum Gasteiger partial charge on any atom is -0.0683 e. The zero-order valence-corrected chi connectivity index (χ0v) is 12.8. The van der Waals surface area contributed by atoms with Gasteiger partial charge in [-0.15, -0.1) is 0 Å². The van der Waals surface area contributed by atoms with Crippen molar-refractivity contribution in [2.45, 2.75) is 26.2 Å². The highest BCUT2D eigenvalue weighted by Crippen LogP contribution is 2.40. The molecule has 0 saturated carbocycles. The van der Waals surface area contributed by atoms with E-state index in [1.807, 2.05) is 0 Å². The summed E-state index contributed by atoms with van der Waals surface area (Å²) in [5.74, 6) is 0. The quantitative estimate of drug-likeness (QED) is 0.547. The molecule has 2 aliphatic carbocycles. The van der Waals surface area contributed by atoms with Crippen LogP contribution in [-0.2, 0) is 19.3 Å². The fourth-order valence-corrected chi connectivity index (χ4v) is 4.25. The summed E-state index contributed by atoms with van der Waals surface area (Å²) < 4.78 is 0. The van der Waals surface area contributed by atoms with Crippen LogP contribution in [0.15, 0.2) is 54.1 Å². The standard InChI is InChI=1S/C22H18/c1-14-12-17-5-3-6-18(21(17)13-14)19-11-10-16-9-8-15-4-2-7-20(19)22(15)16/h2-7,10-11,13H,8-9,12H2,1H3. The van der Waals surface area contributed by atoms with E-state index in [1.54, 1.807) is 0 Å². The van der Waals surface area contributed by atoms with Gasteiger partial charge in [-0.25, -0.2) is 0 Å². The maximum Gasteiger partial charge on any atom is -0.00604 e. The summed E-state index contributed by atoms with van der Waals surface area (Å²) >= 11 is 0. The van der Waals surface area contributed by atoms with Crippen LogP contribution >= 0.6 is 0 Å². The van der Waals surface area contributed by atoms with E-state index >= 15 is 0 Å². The number of hydrogen-bond donors (Lipinski definition) is 0. The van der Waals surface area contributed by atoms with Crippen molar-refractivity contribution in [3.8, 4) is 11.1 Å². The van der Waals surface area contributed by atoms with Gasteiger partial charge in [0, 0.05) is 0 Å². The van der Waals surface area contributed by atoms with Crippen LogP contribution in [0.5, 0.6) is 0 Å². The third-order valence-electron chi connectivity index (χ3n) is 5.22. The van der Waals surface area contributed by atoms with Crippen LogP contribution in [-0.4, -0.2) is 0 Å². The van der Waals surface area contributed by atoms with Gasteiger partial charge in [-0.05, 0) is 70.3 Å². The molecule has 0 saturated heterocycles. The maximum atomic E-state index is 2.37. The minimum atomic E-state index is 1.10. The molecule has 0 atom stereocenters. The molecule has 22 heavy (non-hydrogen) atoms. The molecule has 0 aromatic heterocycles. The van der Waals surface area contributed by atoms with Crippen LogP contribution in [0.3, 0.4) is 0 Å². The number of hydrogen-bond acceptors (Lipinski definition) is 0. The molecule has 0 bridgehead atoms. The predicted octanol–water partition coefficient (Wildman–Crippen LogP) is 5.56. The molecule has 3 aromatic rings. The first kappa shape index (κ1) is 12.2. The lowest BCUT2D eigenvalue weighted by Gasteiger charge is -2.12. The van der Waals surface area contributed by atoms with E-state index in [2.05, 4.69) is 61.5 Å². The Bertz CT molecular complexity index is 947. The van der Waals surface area contributed by atoms with Gasteiger partial charge in [-0.2, -0.15) is 0 Å². The summed E-state index contributed by atoms with van der Waals surface area (Å²) in [7, 11) is 0. The van der Waals surface area contributed by atoms with Gasteiger partial charge in [-0.1, -0.05) is 60.2 Å². The molecular weight excluding hydrogens is 264 g/mol. The molecule has 2 aliphatic rings. The van der Waals surface area contributed by atoms with Crippen molar-refractivity contribution < 1.29 is 0 Å². The average Bonchev–Trinajstić information content (AvgIpc) is 3.12. The molecule has 0 aliphatic heterocycles. The highest BCUT2D eigenvalue weighted by Gasteiger charge is 2.19. The number of allylic oxidation sites excluding steroid dienone is 1. The first-order chi connectivity index (χ1) is 10.8. The molecule has 0 fully saturated rings. The second-order valence-electron chi connectivity index (χ2n) is 6.66. The van der Waals surface area contributed by atoms with Gasteiger partial charge in [0.05, 0.1) is 0 Å². The molecule has 0 spiro atoms. The van der Waals surface area contributed by atoms with Crippen molar-refractivity contribution in [1.29, 1.82) is 0 Å². The van der Waals surface area contributed by atoms with Crippen molar-refractivity contribution in [1.82, 2.24) is 0 Å². The van der Waals surface area contributed by atoms with E-state index in [1.165, 1.54) is 62.6 Å². The van der Waals surface area contributed by atoms with E-state index in [0.29, 0.717) is 0 Å². The Balaban J connectivity index is 1.86. The highest BCUT2D eigenvalue weighted by atomic mass is 14.2. The molecule has 0 amide bonds. The van der Waals surface area contributed by atoms with Gasteiger partial charge in [0.15, 0.2) is 0 Å². The summed E-state index contributed by atoms with van der Waals surface area (Å²) in [5.41, 5.74) is 10.2. The topological polar surface area (TPSA) is 0 Å². The smallest absolute Gasteiger partial charge is 0.00604 e. The van der Waals surface area contributed by atoms with Crippen LogP contribution in [0.25, 0.3) is 28.0 Å². The molecule has 0 radical (unpaired) electrons. The number of benzene rings is 3. The molecule has 0 heterocycles. The van der Waals surface area contributed by atoms with Crippen LogP contribution < -0.4 is 0 Å². The summed E-state index contributed by atoms with van der Waals surface area (Å²) in [6.07, 6.45) is 5.86. The summed E-state index contributed by atoms with van der Waals surface area (Å²) in [6, 6.07) is 18.3. The van der Waals surface area contributed by atoms with Crippen LogP contribution in [0, 0.1) is 0 Å². The molecule has 5 rings (SSSR count). The zero-order chi connectivity index (χ0) is 14.7. The van der Waals surface area contributed by atoms with Crippen molar-refractivity contribution >= 4 is 16.8 Å². The van der Waals surface area contributed by atoms with E-state index < -0.39 is 0 Å². The lowest BCUT2D eigenvalue weighted by Crippen LogP contribution is -1.89. The molecule has 0 N–H and O–H groups in total. The van der Waals surface area contributed by atoms with Gasteiger partial charge in [0.25, 0.3) is 0 Å². The Morgan fingerprint density at radius 1 is 0.727 bits per heavy atom. The highest BCUT2D eigenvalue weighted by molar-refractivity contribution is 6.03. The van der Waals surface area contributed by atoms with E-state index in [4.69, 9.17) is 0 Å².